The van der Waals surface area contributed by atoms with E-state index in [1.54, 1.807) is 7.11 Å². The van der Waals surface area contributed by atoms with E-state index in [1.165, 1.54) is 5.56 Å². The molecule has 1 aromatic carbocycles. The SMILES string of the molecule is CCC(NC(=O)C(N)CCCOC)c1ccc(C)cc1. The lowest BCUT2D eigenvalue weighted by molar-refractivity contribution is -0.123. The molecule has 0 radical (unpaired) electrons. The zero-order valence-corrected chi connectivity index (χ0v) is 12.7. The van der Waals surface area contributed by atoms with Gasteiger partial charge < -0.3 is 15.8 Å². The van der Waals surface area contributed by atoms with Crippen molar-refractivity contribution in [1.29, 1.82) is 0 Å². The van der Waals surface area contributed by atoms with Gasteiger partial charge in [0.05, 0.1) is 12.1 Å². The Labute approximate surface area is 121 Å². The Balaban J connectivity index is 2.54. The molecular weight excluding hydrogens is 252 g/mol. The van der Waals surface area contributed by atoms with Crippen LogP contribution in [0.25, 0.3) is 0 Å². The van der Waals surface area contributed by atoms with E-state index in [0.717, 1.165) is 18.4 Å². The van der Waals surface area contributed by atoms with E-state index in [4.69, 9.17) is 10.5 Å². The minimum atomic E-state index is -0.468. The number of amides is 1. The summed E-state index contributed by atoms with van der Waals surface area (Å²) < 4.78 is 4.97. The molecule has 1 aromatic rings. The number of methoxy groups -OCH3 is 1. The van der Waals surface area contributed by atoms with Gasteiger partial charge in [-0.2, -0.15) is 0 Å². The average molecular weight is 278 g/mol. The molecule has 3 N–H and O–H groups in total. The number of benzene rings is 1. The second-order valence-corrected chi connectivity index (χ2v) is 5.12. The number of hydrogen-bond donors (Lipinski definition) is 2. The molecule has 0 aliphatic rings. The lowest BCUT2D eigenvalue weighted by Crippen LogP contribution is -2.42. The Morgan fingerprint density at radius 3 is 2.55 bits per heavy atom. The summed E-state index contributed by atoms with van der Waals surface area (Å²) in [6.07, 6.45) is 2.29. The number of nitrogens with two attached hydrogens (primary N) is 1. The van der Waals surface area contributed by atoms with Gasteiger partial charge in [-0.3, -0.25) is 4.79 Å². The Morgan fingerprint density at radius 2 is 2.00 bits per heavy atom. The molecular formula is C16H26N2O2. The van der Waals surface area contributed by atoms with Crippen molar-refractivity contribution in [2.75, 3.05) is 13.7 Å². The number of rotatable bonds is 8. The summed E-state index contributed by atoms with van der Waals surface area (Å²) in [6, 6.07) is 7.78. The minimum absolute atomic E-state index is 0.0246. The third-order valence-electron chi connectivity index (χ3n) is 3.40. The summed E-state index contributed by atoms with van der Waals surface area (Å²) in [4.78, 5) is 12.1. The van der Waals surface area contributed by atoms with Crippen LogP contribution >= 0.6 is 0 Å². The van der Waals surface area contributed by atoms with Gasteiger partial charge in [0.25, 0.3) is 0 Å². The topological polar surface area (TPSA) is 64.4 Å². The summed E-state index contributed by atoms with van der Waals surface area (Å²) in [5.41, 5.74) is 8.23. The zero-order valence-electron chi connectivity index (χ0n) is 12.7. The van der Waals surface area contributed by atoms with E-state index in [2.05, 4.69) is 43.4 Å². The van der Waals surface area contributed by atoms with E-state index in [0.29, 0.717) is 13.0 Å². The van der Waals surface area contributed by atoms with Crippen LogP contribution in [0.3, 0.4) is 0 Å². The average Bonchev–Trinajstić information content (AvgIpc) is 2.45. The highest BCUT2D eigenvalue weighted by molar-refractivity contribution is 5.81. The predicted molar refractivity (Wildman–Crippen MR) is 81.4 cm³/mol. The smallest absolute Gasteiger partial charge is 0.237 e. The lowest BCUT2D eigenvalue weighted by atomic mass is 10.0. The first-order valence-corrected chi connectivity index (χ1v) is 7.20. The van der Waals surface area contributed by atoms with Crippen molar-refractivity contribution in [1.82, 2.24) is 5.32 Å². The second kappa shape index (κ2) is 8.72. The number of carbonyl (C=O) groups excluding carboxylic acids is 1. The predicted octanol–water partition coefficient (Wildman–Crippen LogP) is 2.32. The molecule has 0 saturated carbocycles. The molecule has 20 heavy (non-hydrogen) atoms. The Hall–Kier alpha value is -1.39. The second-order valence-electron chi connectivity index (χ2n) is 5.12. The van der Waals surface area contributed by atoms with Crippen molar-refractivity contribution in [3.63, 3.8) is 0 Å². The number of aryl methyl sites for hydroxylation is 1. The maximum absolute atomic E-state index is 12.1. The maximum Gasteiger partial charge on any atom is 0.237 e. The van der Waals surface area contributed by atoms with Crippen LogP contribution in [0.1, 0.15) is 43.4 Å². The first-order valence-electron chi connectivity index (χ1n) is 7.20. The van der Waals surface area contributed by atoms with Crippen molar-refractivity contribution < 1.29 is 9.53 Å². The van der Waals surface area contributed by atoms with Gasteiger partial charge in [-0.15, -0.1) is 0 Å². The molecule has 0 spiro atoms. The van der Waals surface area contributed by atoms with Gasteiger partial charge >= 0.3 is 0 Å². The molecule has 1 amide bonds. The van der Waals surface area contributed by atoms with Gasteiger partial charge in [0.2, 0.25) is 5.91 Å². The van der Waals surface area contributed by atoms with Gasteiger partial charge in [-0.1, -0.05) is 36.8 Å². The molecule has 0 saturated heterocycles. The highest BCUT2D eigenvalue weighted by atomic mass is 16.5. The first-order chi connectivity index (χ1) is 9.58. The molecule has 0 heterocycles. The fourth-order valence-electron chi connectivity index (χ4n) is 2.08. The van der Waals surface area contributed by atoms with Crippen LogP contribution in [-0.2, 0) is 9.53 Å². The monoisotopic (exact) mass is 278 g/mol. The van der Waals surface area contributed by atoms with Crippen LogP contribution in [0.2, 0.25) is 0 Å². The van der Waals surface area contributed by atoms with Crippen LogP contribution in [-0.4, -0.2) is 25.7 Å². The number of hydrogen-bond acceptors (Lipinski definition) is 3. The van der Waals surface area contributed by atoms with Crippen molar-refractivity contribution in [3.05, 3.63) is 35.4 Å². The molecule has 2 unspecified atom stereocenters. The normalized spacial score (nSPS) is 13.8. The van der Waals surface area contributed by atoms with Crippen molar-refractivity contribution >= 4 is 5.91 Å². The minimum Gasteiger partial charge on any atom is -0.385 e. The molecule has 0 bridgehead atoms. The van der Waals surface area contributed by atoms with Gasteiger partial charge in [-0.05, 0) is 31.7 Å². The molecule has 0 aliphatic heterocycles. The van der Waals surface area contributed by atoms with Gasteiger partial charge in [0.1, 0.15) is 0 Å². The number of ether oxygens (including phenoxy) is 1. The standard InChI is InChI=1S/C16H26N2O2/c1-4-15(13-9-7-12(2)8-10-13)18-16(19)14(17)6-5-11-20-3/h7-10,14-15H,4-6,11,17H2,1-3H3,(H,18,19). The maximum atomic E-state index is 12.1. The molecule has 1 rings (SSSR count). The first kappa shape index (κ1) is 16.7. The third-order valence-corrected chi connectivity index (χ3v) is 3.40. The van der Waals surface area contributed by atoms with Crippen LogP contribution in [0.4, 0.5) is 0 Å². The molecule has 4 heteroatoms. The van der Waals surface area contributed by atoms with Crippen LogP contribution in [0.15, 0.2) is 24.3 Å². The number of nitrogens with one attached hydrogen (secondary N) is 1. The van der Waals surface area contributed by atoms with Crippen molar-refractivity contribution in [3.8, 4) is 0 Å². The summed E-state index contributed by atoms with van der Waals surface area (Å²) >= 11 is 0. The molecule has 0 aromatic heterocycles. The van der Waals surface area contributed by atoms with E-state index >= 15 is 0 Å². The van der Waals surface area contributed by atoms with Crippen LogP contribution < -0.4 is 11.1 Å². The van der Waals surface area contributed by atoms with E-state index < -0.39 is 6.04 Å². The fraction of sp³-hybridized carbons (Fsp3) is 0.562. The summed E-state index contributed by atoms with van der Waals surface area (Å²) in [5, 5.41) is 3.02. The molecule has 0 fully saturated rings. The van der Waals surface area contributed by atoms with E-state index in [-0.39, 0.29) is 11.9 Å². The van der Waals surface area contributed by atoms with Gasteiger partial charge in [-0.25, -0.2) is 0 Å². The Morgan fingerprint density at radius 1 is 1.35 bits per heavy atom. The quantitative estimate of drug-likeness (QED) is 0.717. The van der Waals surface area contributed by atoms with E-state index in [1.807, 2.05) is 0 Å². The summed E-state index contributed by atoms with van der Waals surface area (Å²) in [5.74, 6) is -0.0893. The third kappa shape index (κ3) is 5.31. The van der Waals surface area contributed by atoms with Crippen LogP contribution in [0, 0.1) is 6.92 Å². The lowest BCUT2D eigenvalue weighted by Gasteiger charge is -2.20. The highest BCUT2D eigenvalue weighted by Gasteiger charge is 2.17. The van der Waals surface area contributed by atoms with E-state index in [9.17, 15) is 4.79 Å². The zero-order chi connectivity index (χ0) is 15.0. The Bertz CT molecular complexity index is 403. The molecule has 112 valence electrons. The van der Waals surface area contributed by atoms with Crippen LogP contribution in [0.5, 0.6) is 0 Å². The summed E-state index contributed by atoms with van der Waals surface area (Å²) in [6.45, 7) is 4.74. The summed E-state index contributed by atoms with van der Waals surface area (Å²) in [7, 11) is 1.65. The molecule has 2 atom stereocenters. The van der Waals surface area contributed by atoms with Gasteiger partial charge in [0.15, 0.2) is 0 Å². The fourth-order valence-corrected chi connectivity index (χ4v) is 2.08. The van der Waals surface area contributed by atoms with Crippen molar-refractivity contribution in [2.24, 2.45) is 5.73 Å². The van der Waals surface area contributed by atoms with Gasteiger partial charge in [0, 0.05) is 13.7 Å². The largest absolute Gasteiger partial charge is 0.385 e. The molecule has 4 nitrogen and oxygen atoms in total. The Kier molecular flexibility index (Phi) is 7.26. The number of carbonyl (C=O) groups is 1. The highest BCUT2D eigenvalue weighted by Crippen LogP contribution is 2.17. The van der Waals surface area contributed by atoms with Crippen molar-refractivity contribution in [2.45, 2.75) is 45.2 Å². The molecule has 0 aliphatic carbocycles.